The summed E-state index contributed by atoms with van der Waals surface area (Å²) in [6.45, 7) is 0.416. The highest BCUT2D eigenvalue weighted by atomic mass is 16.4. The maximum atomic E-state index is 11.3. The number of fused-ring (bicyclic) bond motifs is 1. The fraction of sp³-hybridized carbons (Fsp3) is 0.385. The molecule has 0 atom stereocenters. The molecule has 1 fully saturated rings. The zero-order chi connectivity index (χ0) is 12.6. The average Bonchev–Trinajstić information content (AvgIpc) is 2.75. The van der Waals surface area contributed by atoms with Crippen LogP contribution in [-0.4, -0.2) is 22.6 Å². The molecule has 0 aromatic carbocycles. The van der Waals surface area contributed by atoms with E-state index >= 15 is 0 Å². The van der Waals surface area contributed by atoms with Crippen LogP contribution in [0.25, 0.3) is 11.0 Å². The number of carbonyl (C=O) groups is 1. The highest BCUT2D eigenvalue weighted by molar-refractivity contribution is 5.88. The minimum atomic E-state index is -0.722. The van der Waals surface area contributed by atoms with Gasteiger partial charge >= 0.3 is 5.97 Å². The predicted molar refractivity (Wildman–Crippen MR) is 66.4 cm³/mol. The molecule has 5 heteroatoms. The molecule has 0 spiro atoms. The molecule has 2 aromatic heterocycles. The van der Waals surface area contributed by atoms with Gasteiger partial charge in [-0.1, -0.05) is 6.42 Å². The molecular weight excluding hydrogens is 232 g/mol. The Morgan fingerprint density at radius 3 is 3.00 bits per heavy atom. The van der Waals surface area contributed by atoms with Crippen molar-refractivity contribution in [3.63, 3.8) is 0 Å². The molecular formula is C13H14N2O3. The average molecular weight is 246 g/mol. The number of carboxylic acids is 1. The van der Waals surface area contributed by atoms with Crippen LogP contribution in [0.3, 0.4) is 0 Å². The summed E-state index contributed by atoms with van der Waals surface area (Å²) in [7, 11) is 0. The monoisotopic (exact) mass is 246 g/mol. The highest BCUT2D eigenvalue weighted by Gasteiger charge is 2.44. The fourth-order valence-corrected chi connectivity index (χ4v) is 2.36. The van der Waals surface area contributed by atoms with Crippen LogP contribution in [0.5, 0.6) is 0 Å². The standard InChI is InChI=1S/C13H14N2O3/c16-12(17)13(4-1-5-13)8-15-11-9-3-7-18-10(9)2-6-14-11/h2-3,6-7H,1,4-5,8H2,(H,14,15)(H,16,17). The van der Waals surface area contributed by atoms with Gasteiger partial charge in [0.2, 0.25) is 0 Å². The molecule has 5 nitrogen and oxygen atoms in total. The smallest absolute Gasteiger partial charge is 0.311 e. The van der Waals surface area contributed by atoms with E-state index in [4.69, 9.17) is 4.42 Å². The van der Waals surface area contributed by atoms with E-state index in [-0.39, 0.29) is 0 Å². The number of nitrogens with one attached hydrogen (secondary N) is 1. The van der Waals surface area contributed by atoms with E-state index in [9.17, 15) is 9.90 Å². The van der Waals surface area contributed by atoms with E-state index in [2.05, 4.69) is 10.3 Å². The van der Waals surface area contributed by atoms with E-state index in [0.717, 1.165) is 30.2 Å². The lowest BCUT2D eigenvalue weighted by Gasteiger charge is -2.37. The van der Waals surface area contributed by atoms with Gasteiger partial charge in [-0.05, 0) is 25.0 Å². The first-order valence-corrected chi connectivity index (χ1v) is 6.01. The number of furan rings is 1. The number of anilines is 1. The van der Waals surface area contributed by atoms with Crippen molar-refractivity contribution in [2.45, 2.75) is 19.3 Å². The molecule has 0 radical (unpaired) electrons. The maximum absolute atomic E-state index is 11.3. The zero-order valence-corrected chi connectivity index (χ0v) is 9.85. The number of carboxylic acid groups (broad SMARTS) is 1. The minimum Gasteiger partial charge on any atom is -0.481 e. The number of hydrogen-bond donors (Lipinski definition) is 2. The van der Waals surface area contributed by atoms with Gasteiger partial charge in [-0.15, -0.1) is 0 Å². The van der Waals surface area contributed by atoms with E-state index < -0.39 is 11.4 Å². The third kappa shape index (κ3) is 1.63. The van der Waals surface area contributed by atoms with Crippen molar-refractivity contribution in [1.29, 1.82) is 0 Å². The fourth-order valence-electron chi connectivity index (χ4n) is 2.36. The number of rotatable bonds is 4. The van der Waals surface area contributed by atoms with Crippen LogP contribution in [0.4, 0.5) is 5.82 Å². The Morgan fingerprint density at radius 1 is 1.50 bits per heavy atom. The van der Waals surface area contributed by atoms with Crippen LogP contribution < -0.4 is 5.32 Å². The summed E-state index contributed by atoms with van der Waals surface area (Å²) in [6.07, 6.45) is 5.71. The summed E-state index contributed by atoms with van der Waals surface area (Å²) in [5.41, 5.74) is 0.138. The summed E-state index contributed by atoms with van der Waals surface area (Å²) >= 11 is 0. The molecule has 0 bridgehead atoms. The van der Waals surface area contributed by atoms with Gasteiger partial charge in [0.05, 0.1) is 17.1 Å². The molecule has 2 N–H and O–H groups in total. The Bertz CT molecular complexity index is 587. The second-order valence-electron chi connectivity index (χ2n) is 4.78. The van der Waals surface area contributed by atoms with Crippen molar-refractivity contribution in [3.8, 4) is 0 Å². The minimum absolute atomic E-state index is 0.416. The predicted octanol–water partition coefficient (Wildman–Crippen LogP) is 2.49. The van der Waals surface area contributed by atoms with Crippen molar-refractivity contribution in [1.82, 2.24) is 4.98 Å². The molecule has 18 heavy (non-hydrogen) atoms. The first kappa shape index (κ1) is 11.1. The van der Waals surface area contributed by atoms with Crippen molar-refractivity contribution >= 4 is 22.8 Å². The van der Waals surface area contributed by atoms with Gasteiger partial charge < -0.3 is 14.8 Å². The third-order valence-electron chi connectivity index (χ3n) is 3.74. The molecule has 1 aliphatic carbocycles. The maximum Gasteiger partial charge on any atom is 0.311 e. The summed E-state index contributed by atoms with van der Waals surface area (Å²) in [4.78, 5) is 15.5. The van der Waals surface area contributed by atoms with Gasteiger partial charge in [-0.2, -0.15) is 0 Å². The molecule has 1 saturated carbocycles. The van der Waals surface area contributed by atoms with Crippen molar-refractivity contribution in [2.24, 2.45) is 5.41 Å². The lowest BCUT2D eigenvalue weighted by atomic mass is 9.69. The molecule has 3 rings (SSSR count). The van der Waals surface area contributed by atoms with Gasteiger partial charge in [0, 0.05) is 12.7 Å². The van der Waals surface area contributed by atoms with Gasteiger partial charge in [0.15, 0.2) is 0 Å². The Hall–Kier alpha value is -2.04. The van der Waals surface area contributed by atoms with Crippen LogP contribution in [0.1, 0.15) is 19.3 Å². The van der Waals surface area contributed by atoms with Crippen LogP contribution in [0.2, 0.25) is 0 Å². The lowest BCUT2D eigenvalue weighted by Crippen LogP contribution is -2.43. The quantitative estimate of drug-likeness (QED) is 0.866. The summed E-state index contributed by atoms with van der Waals surface area (Å²) < 4.78 is 5.28. The molecule has 2 heterocycles. The number of nitrogens with zero attached hydrogens (tertiary/aromatic N) is 1. The van der Waals surface area contributed by atoms with Crippen LogP contribution in [0.15, 0.2) is 29.0 Å². The summed E-state index contributed by atoms with van der Waals surface area (Å²) in [5.74, 6) is -0.0330. The molecule has 94 valence electrons. The molecule has 2 aromatic rings. The largest absolute Gasteiger partial charge is 0.481 e. The van der Waals surface area contributed by atoms with E-state index in [1.54, 1.807) is 18.5 Å². The van der Waals surface area contributed by atoms with Gasteiger partial charge in [-0.3, -0.25) is 4.79 Å². The molecule has 0 amide bonds. The van der Waals surface area contributed by atoms with E-state index in [1.165, 1.54) is 0 Å². The van der Waals surface area contributed by atoms with Crippen molar-refractivity contribution < 1.29 is 14.3 Å². The Kier molecular flexibility index (Phi) is 2.47. The SMILES string of the molecule is O=C(O)C1(CNc2nccc3occc23)CCC1. The second kappa shape index (κ2) is 4.01. The number of hydrogen-bond acceptors (Lipinski definition) is 4. The third-order valence-corrected chi connectivity index (χ3v) is 3.74. The van der Waals surface area contributed by atoms with E-state index in [0.29, 0.717) is 12.4 Å². The van der Waals surface area contributed by atoms with Gasteiger partial charge in [0.25, 0.3) is 0 Å². The number of aliphatic carboxylic acids is 1. The normalized spacial score (nSPS) is 17.3. The molecule has 0 saturated heterocycles. The summed E-state index contributed by atoms with van der Waals surface area (Å²) in [5, 5.41) is 13.3. The van der Waals surface area contributed by atoms with E-state index in [1.807, 2.05) is 6.07 Å². The van der Waals surface area contributed by atoms with Crippen molar-refractivity contribution in [3.05, 3.63) is 24.6 Å². The van der Waals surface area contributed by atoms with Gasteiger partial charge in [-0.25, -0.2) is 4.98 Å². The Balaban J connectivity index is 1.81. The van der Waals surface area contributed by atoms with Gasteiger partial charge in [0.1, 0.15) is 11.4 Å². The number of pyridine rings is 1. The first-order chi connectivity index (χ1) is 8.71. The molecule has 1 aliphatic rings. The lowest BCUT2D eigenvalue weighted by molar-refractivity contribution is -0.153. The topological polar surface area (TPSA) is 75.4 Å². The number of aromatic nitrogens is 1. The molecule has 0 aliphatic heterocycles. The van der Waals surface area contributed by atoms with Crippen LogP contribution in [0, 0.1) is 5.41 Å². The highest BCUT2D eigenvalue weighted by Crippen LogP contribution is 2.41. The second-order valence-corrected chi connectivity index (χ2v) is 4.78. The van der Waals surface area contributed by atoms with Crippen LogP contribution >= 0.6 is 0 Å². The molecule has 0 unspecified atom stereocenters. The summed E-state index contributed by atoms with van der Waals surface area (Å²) in [6, 6.07) is 3.62. The van der Waals surface area contributed by atoms with Crippen molar-refractivity contribution in [2.75, 3.05) is 11.9 Å². The Morgan fingerprint density at radius 2 is 2.33 bits per heavy atom. The Labute approximate surface area is 104 Å². The first-order valence-electron chi connectivity index (χ1n) is 6.01. The van der Waals surface area contributed by atoms with Crippen LogP contribution in [-0.2, 0) is 4.79 Å². The zero-order valence-electron chi connectivity index (χ0n) is 9.85.